The summed E-state index contributed by atoms with van der Waals surface area (Å²) in [4.78, 5) is 41.0. The molecule has 1 fully saturated rings. The number of benzene rings is 3. The number of carbonyl (C=O) groups is 3. The molecule has 1 saturated carbocycles. The van der Waals surface area contributed by atoms with E-state index in [-0.39, 0.29) is 56.3 Å². The van der Waals surface area contributed by atoms with Gasteiger partial charge in [0.1, 0.15) is 5.01 Å². The molecule has 5 rings (SSSR count). The third kappa shape index (κ3) is 12.2. The highest BCUT2D eigenvalue weighted by Gasteiger charge is 2.21. The number of hydrogen-bond donors (Lipinski definition) is 7. The average Bonchev–Trinajstić information content (AvgIpc) is 3.45. The Hall–Kier alpha value is -4.26. The number of nitrogens with zero attached hydrogens (tertiary/aromatic N) is 1. The first kappa shape index (κ1) is 39.5. The molecule has 1 aromatic heterocycles. The number of rotatable bonds is 6. The van der Waals surface area contributed by atoms with Crippen LogP contribution in [0.4, 0.5) is 26.7 Å². The second-order valence-electron chi connectivity index (χ2n) is 14.7. The largest absolute Gasteiger partial charge is 0.504 e. The summed E-state index contributed by atoms with van der Waals surface area (Å²) >= 11 is 13.7. The van der Waals surface area contributed by atoms with Crippen LogP contribution in [0.3, 0.4) is 0 Å². The van der Waals surface area contributed by atoms with Crippen LogP contribution in [-0.2, 0) is 4.79 Å². The lowest BCUT2D eigenvalue weighted by Crippen LogP contribution is -2.43. The van der Waals surface area contributed by atoms with Crippen molar-refractivity contribution >= 4 is 79.8 Å². The topological polar surface area (TPSA) is 165 Å². The Balaban J connectivity index is 0.000000229. The van der Waals surface area contributed by atoms with E-state index in [1.54, 1.807) is 12.1 Å². The molecule has 51 heavy (non-hydrogen) atoms. The minimum atomic E-state index is -0.416. The van der Waals surface area contributed by atoms with Crippen LogP contribution in [0, 0.1) is 5.41 Å². The number of thiazole rings is 1. The van der Waals surface area contributed by atoms with E-state index in [0.717, 1.165) is 46.5 Å². The predicted molar refractivity (Wildman–Crippen MR) is 208 cm³/mol. The fourth-order valence-corrected chi connectivity index (χ4v) is 6.74. The number of hydrogen-bond acceptors (Lipinski definition) is 7. The van der Waals surface area contributed by atoms with Gasteiger partial charge in [-0.2, -0.15) is 0 Å². The van der Waals surface area contributed by atoms with Crippen molar-refractivity contribution in [3.8, 4) is 22.1 Å². The number of halogens is 2. The summed E-state index contributed by atoms with van der Waals surface area (Å²) in [6.45, 7) is 11.5. The normalized spacial score (nSPS) is 13.5. The smallest absolute Gasteiger partial charge is 0.319 e. The molecule has 0 bridgehead atoms. The minimum Gasteiger partial charge on any atom is -0.504 e. The standard InChI is InChI=1S/C19H28ClN3O3.C18H18ClN3O2S/c1-19(2,3)11-16(24)23-15-10-13(9-14(20)17(15)25)22-18(26)21-12-7-5-4-6-8-12;1-18(2,3)22-17(24)21-13-9-10(8-11(19)15(13)23)16-20-12-6-4-5-7-14(12)25-16/h9-10,12,25H,4-8,11H2,1-3H3,(H,23,24)(H2,21,22,26);4-9,23H,1-3H3,(H2,21,22,24). The maximum atomic E-state index is 12.2. The lowest BCUT2D eigenvalue weighted by Gasteiger charge is -2.23. The third-order valence-corrected chi connectivity index (χ3v) is 9.23. The van der Waals surface area contributed by atoms with E-state index >= 15 is 0 Å². The summed E-state index contributed by atoms with van der Waals surface area (Å²) in [6.07, 6.45) is 5.73. The van der Waals surface area contributed by atoms with E-state index < -0.39 is 11.6 Å². The van der Waals surface area contributed by atoms with Crippen LogP contribution in [-0.4, -0.2) is 44.7 Å². The van der Waals surface area contributed by atoms with E-state index in [4.69, 9.17) is 23.2 Å². The SMILES string of the molecule is CC(C)(C)CC(=O)Nc1cc(NC(=O)NC2CCCCC2)cc(Cl)c1O.CC(C)(C)NC(=O)Nc1cc(-c2nc3ccccc3s2)cc(Cl)c1O. The zero-order chi connectivity index (χ0) is 37.5. The lowest BCUT2D eigenvalue weighted by atomic mass is 9.92. The Kier molecular flexibility index (Phi) is 13.0. The van der Waals surface area contributed by atoms with Crippen LogP contribution < -0.4 is 26.6 Å². The fraction of sp³-hybridized carbons (Fsp3) is 0.405. The maximum Gasteiger partial charge on any atom is 0.319 e. The number of anilines is 3. The van der Waals surface area contributed by atoms with Crippen molar-refractivity contribution in [2.24, 2.45) is 5.41 Å². The van der Waals surface area contributed by atoms with Crippen molar-refractivity contribution < 1.29 is 24.6 Å². The van der Waals surface area contributed by atoms with Crippen molar-refractivity contribution in [3.63, 3.8) is 0 Å². The molecule has 5 amide bonds. The molecule has 4 aromatic rings. The molecular formula is C37H46Cl2N6O5S. The van der Waals surface area contributed by atoms with Gasteiger partial charge >= 0.3 is 12.1 Å². The van der Waals surface area contributed by atoms with Gasteiger partial charge in [-0.25, -0.2) is 14.6 Å². The Morgan fingerprint density at radius 3 is 2.08 bits per heavy atom. The van der Waals surface area contributed by atoms with E-state index in [0.29, 0.717) is 12.1 Å². The first-order chi connectivity index (χ1) is 23.9. The second-order valence-corrected chi connectivity index (χ2v) is 16.6. The summed E-state index contributed by atoms with van der Waals surface area (Å²) in [6, 6.07) is 13.5. The van der Waals surface area contributed by atoms with Gasteiger partial charge < -0.3 is 36.8 Å². The van der Waals surface area contributed by atoms with Gasteiger partial charge in [-0.15, -0.1) is 11.3 Å². The molecule has 1 heterocycles. The molecule has 0 saturated heterocycles. The molecule has 7 N–H and O–H groups in total. The molecule has 1 aliphatic rings. The number of urea groups is 2. The summed E-state index contributed by atoms with van der Waals surface area (Å²) in [5.41, 5.74) is 1.88. The van der Waals surface area contributed by atoms with Crippen LogP contribution in [0.15, 0.2) is 48.5 Å². The monoisotopic (exact) mass is 756 g/mol. The number of amides is 5. The highest BCUT2D eigenvalue weighted by atomic mass is 35.5. The average molecular weight is 758 g/mol. The van der Waals surface area contributed by atoms with Gasteiger partial charge in [-0.3, -0.25) is 4.79 Å². The van der Waals surface area contributed by atoms with Crippen LogP contribution in [0.5, 0.6) is 11.5 Å². The van der Waals surface area contributed by atoms with Crippen molar-refractivity contribution in [2.45, 2.75) is 91.6 Å². The van der Waals surface area contributed by atoms with Crippen molar-refractivity contribution in [2.75, 3.05) is 16.0 Å². The van der Waals surface area contributed by atoms with E-state index in [1.807, 2.05) is 65.8 Å². The Bertz CT molecular complexity index is 1850. The number of aromatic hydroxyl groups is 2. The molecule has 1 aliphatic carbocycles. The van der Waals surface area contributed by atoms with E-state index in [2.05, 4.69) is 31.6 Å². The van der Waals surface area contributed by atoms with Gasteiger partial charge in [0.05, 0.1) is 31.6 Å². The van der Waals surface area contributed by atoms with Crippen LogP contribution >= 0.6 is 34.5 Å². The molecule has 3 aromatic carbocycles. The number of phenols is 2. The number of para-hydroxylation sites is 1. The lowest BCUT2D eigenvalue weighted by molar-refractivity contribution is -0.117. The highest BCUT2D eigenvalue weighted by molar-refractivity contribution is 7.21. The molecule has 0 atom stereocenters. The zero-order valence-corrected chi connectivity index (χ0v) is 32.0. The van der Waals surface area contributed by atoms with Crippen LogP contribution in [0.25, 0.3) is 20.8 Å². The highest BCUT2D eigenvalue weighted by Crippen LogP contribution is 2.39. The number of phenolic OH excluding ortho intramolecular Hbond substituents is 2. The maximum absolute atomic E-state index is 12.2. The zero-order valence-electron chi connectivity index (χ0n) is 29.7. The number of nitrogens with one attached hydrogen (secondary N) is 5. The minimum absolute atomic E-state index is 0.0616. The molecule has 0 unspecified atom stereocenters. The van der Waals surface area contributed by atoms with Gasteiger partial charge in [-0.05, 0) is 75.4 Å². The van der Waals surface area contributed by atoms with E-state index in [9.17, 15) is 24.6 Å². The van der Waals surface area contributed by atoms with Gasteiger partial charge in [-0.1, -0.05) is 75.4 Å². The Morgan fingerprint density at radius 2 is 1.45 bits per heavy atom. The summed E-state index contributed by atoms with van der Waals surface area (Å²) in [7, 11) is 0. The third-order valence-electron chi connectivity index (χ3n) is 7.57. The molecule has 274 valence electrons. The van der Waals surface area contributed by atoms with Gasteiger partial charge in [0.25, 0.3) is 0 Å². The summed E-state index contributed by atoms with van der Waals surface area (Å²) in [5.74, 6) is -0.615. The number of aromatic nitrogens is 1. The second kappa shape index (κ2) is 16.8. The van der Waals surface area contributed by atoms with Gasteiger partial charge in [0.15, 0.2) is 11.5 Å². The fourth-order valence-electron chi connectivity index (χ4n) is 5.35. The predicted octanol–water partition coefficient (Wildman–Crippen LogP) is 10.1. The molecule has 0 spiro atoms. The molecule has 0 radical (unpaired) electrons. The Morgan fingerprint density at radius 1 is 0.824 bits per heavy atom. The Labute approximate surface area is 312 Å². The van der Waals surface area contributed by atoms with Crippen molar-refractivity contribution in [1.82, 2.24) is 15.6 Å². The first-order valence-electron chi connectivity index (χ1n) is 16.7. The number of carbonyl (C=O) groups excluding carboxylic acids is 3. The molecule has 0 aliphatic heterocycles. The van der Waals surface area contributed by atoms with Gasteiger partial charge in [0, 0.05) is 29.3 Å². The van der Waals surface area contributed by atoms with Crippen molar-refractivity contribution in [1.29, 1.82) is 0 Å². The van der Waals surface area contributed by atoms with Gasteiger partial charge in [0.2, 0.25) is 5.91 Å². The quantitative estimate of drug-likeness (QED) is 0.0764. The van der Waals surface area contributed by atoms with Crippen molar-refractivity contribution in [3.05, 3.63) is 58.6 Å². The number of fused-ring (bicyclic) bond motifs is 1. The van der Waals surface area contributed by atoms with Crippen LogP contribution in [0.2, 0.25) is 10.0 Å². The summed E-state index contributed by atoms with van der Waals surface area (Å²) in [5, 5.41) is 35.0. The van der Waals surface area contributed by atoms with Crippen LogP contribution in [0.1, 0.15) is 80.1 Å². The molecule has 14 heteroatoms. The summed E-state index contributed by atoms with van der Waals surface area (Å²) < 4.78 is 1.06. The van der Waals surface area contributed by atoms with E-state index in [1.165, 1.54) is 29.9 Å². The molecular weight excluding hydrogens is 711 g/mol. The first-order valence-corrected chi connectivity index (χ1v) is 18.3. The molecule has 11 nitrogen and oxygen atoms in total.